The number of nitro benzene ring substituents is 1. The van der Waals surface area contributed by atoms with Crippen molar-refractivity contribution in [2.24, 2.45) is 0 Å². The van der Waals surface area contributed by atoms with Crippen molar-refractivity contribution in [3.63, 3.8) is 0 Å². The van der Waals surface area contributed by atoms with Crippen molar-refractivity contribution in [1.82, 2.24) is 5.32 Å². The molecule has 3 aromatic rings. The van der Waals surface area contributed by atoms with E-state index in [1.165, 1.54) is 43.2 Å². The van der Waals surface area contributed by atoms with E-state index in [4.69, 9.17) is 9.47 Å². The van der Waals surface area contributed by atoms with Crippen molar-refractivity contribution in [1.29, 1.82) is 0 Å². The topological polar surface area (TPSA) is 93.9 Å². The van der Waals surface area contributed by atoms with Crippen molar-refractivity contribution >= 4 is 17.3 Å². The fourth-order valence-electron chi connectivity index (χ4n) is 4.21. The molecule has 1 aliphatic heterocycles. The molecule has 1 heterocycles. The molecule has 0 saturated carbocycles. The maximum atomic E-state index is 12.7. The van der Waals surface area contributed by atoms with E-state index in [1.807, 2.05) is 0 Å². The highest BCUT2D eigenvalue weighted by molar-refractivity contribution is 5.99. The van der Waals surface area contributed by atoms with Crippen LogP contribution in [0.2, 0.25) is 0 Å². The standard InChI is InChI=1S/C26H27N3O5/c1-33-24-15-22(23(29(31)32)16-25(24)34-2)26(30)27-13-11-18-7-9-21(10-8-18)28-14-12-19-5-3-4-6-20(19)17-28/h3-10,15-16H,11-14,17H2,1-2H3,(H,27,30). The predicted molar refractivity (Wildman–Crippen MR) is 130 cm³/mol. The number of rotatable bonds is 8. The minimum atomic E-state index is -0.603. The lowest BCUT2D eigenvalue weighted by Crippen LogP contribution is -2.30. The molecule has 34 heavy (non-hydrogen) atoms. The van der Waals surface area contributed by atoms with Crippen molar-refractivity contribution in [2.75, 3.05) is 32.2 Å². The van der Waals surface area contributed by atoms with E-state index in [0.717, 1.165) is 25.1 Å². The number of nitrogens with one attached hydrogen (secondary N) is 1. The molecular weight excluding hydrogens is 434 g/mol. The van der Waals surface area contributed by atoms with Crippen LogP contribution in [-0.2, 0) is 19.4 Å². The Morgan fingerprint density at radius 3 is 2.38 bits per heavy atom. The number of hydrogen-bond donors (Lipinski definition) is 1. The Labute approximate surface area is 198 Å². The molecule has 0 saturated heterocycles. The van der Waals surface area contributed by atoms with Gasteiger partial charge < -0.3 is 19.7 Å². The molecule has 1 aliphatic rings. The summed E-state index contributed by atoms with van der Waals surface area (Å²) < 4.78 is 10.3. The molecule has 0 spiro atoms. The minimum absolute atomic E-state index is 0.0663. The average molecular weight is 462 g/mol. The fourth-order valence-corrected chi connectivity index (χ4v) is 4.21. The normalized spacial score (nSPS) is 12.6. The molecule has 1 N–H and O–H groups in total. The van der Waals surface area contributed by atoms with Gasteiger partial charge in [-0.25, -0.2) is 0 Å². The summed E-state index contributed by atoms with van der Waals surface area (Å²) in [5, 5.41) is 14.2. The molecule has 4 rings (SSSR count). The number of carbonyl (C=O) groups excluding carboxylic acids is 1. The molecule has 0 fully saturated rings. The third kappa shape index (κ3) is 4.96. The highest BCUT2D eigenvalue weighted by Crippen LogP contribution is 2.34. The average Bonchev–Trinajstić information content (AvgIpc) is 2.87. The third-order valence-electron chi connectivity index (χ3n) is 6.07. The lowest BCUT2D eigenvalue weighted by Gasteiger charge is -2.30. The van der Waals surface area contributed by atoms with Gasteiger partial charge in [0.05, 0.1) is 25.2 Å². The number of hydrogen-bond acceptors (Lipinski definition) is 6. The zero-order chi connectivity index (χ0) is 24.1. The maximum Gasteiger partial charge on any atom is 0.286 e. The summed E-state index contributed by atoms with van der Waals surface area (Å²) in [5.74, 6) is -0.0755. The smallest absolute Gasteiger partial charge is 0.286 e. The van der Waals surface area contributed by atoms with Crippen molar-refractivity contribution in [3.05, 3.63) is 93.0 Å². The van der Waals surface area contributed by atoms with Gasteiger partial charge >= 0.3 is 0 Å². The van der Waals surface area contributed by atoms with Gasteiger partial charge in [-0.3, -0.25) is 14.9 Å². The first-order valence-electron chi connectivity index (χ1n) is 11.1. The fraction of sp³-hybridized carbons (Fsp3) is 0.269. The monoisotopic (exact) mass is 461 g/mol. The maximum absolute atomic E-state index is 12.7. The molecule has 8 heteroatoms. The van der Waals surface area contributed by atoms with E-state index in [1.54, 1.807) is 0 Å². The van der Waals surface area contributed by atoms with Gasteiger partial charge in [0.1, 0.15) is 5.56 Å². The van der Waals surface area contributed by atoms with Gasteiger partial charge in [-0.2, -0.15) is 0 Å². The number of anilines is 1. The van der Waals surface area contributed by atoms with Gasteiger partial charge in [-0.05, 0) is 41.7 Å². The summed E-state index contributed by atoms with van der Waals surface area (Å²) in [5.41, 5.74) is 4.63. The van der Waals surface area contributed by atoms with Crippen molar-refractivity contribution in [3.8, 4) is 11.5 Å². The molecule has 0 aromatic heterocycles. The number of fused-ring (bicyclic) bond motifs is 1. The molecule has 176 valence electrons. The number of nitrogens with zero attached hydrogens (tertiary/aromatic N) is 2. The Kier molecular flexibility index (Phi) is 6.96. The number of nitro groups is 1. The molecule has 0 radical (unpaired) electrons. The minimum Gasteiger partial charge on any atom is -0.493 e. The summed E-state index contributed by atoms with van der Waals surface area (Å²) in [6, 6.07) is 19.4. The highest BCUT2D eigenvalue weighted by atomic mass is 16.6. The third-order valence-corrected chi connectivity index (χ3v) is 6.07. The number of amides is 1. The second kappa shape index (κ2) is 10.2. The summed E-state index contributed by atoms with van der Waals surface area (Å²) >= 11 is 0. The van der Waals surface area contributed by atoms with Crippen LogP contribution in [-0.4, -0.2) is 38.1 Å². The second-order valence-electron chi connectivity index (χ2n) is 8.09. The van der Waals surface area contributed by atoms with Gasteiger partial charge in [-0.15, -0.1) is 0 Å². The Morgan fingerprint density at radius 1 is 1.03 bits per heavy atom. The van der Waals surface area contributed by atoms with Gasteiger partial charge in [0, 0.05) is 31.4 Å². The van der Waals surface area contributed by atoms with E-state index in [2.05, 4.69) is 58.7 Å². The Bertz CT molecular complexity index is 1190. The molecule has 0 bridgehead atoms. The largest absolute Gasteiger partial charge is 0.493 e. The second-order valence-corrected chi connectivity index (χ2v) is 8.09. The zero-order valence-corrected chi connectivity index (χ0v) is 19.2. The van der Waals surface area contributed by atoms with Gasteiger partial charge in [0.2, 0.25) is 0 Å². The predicted octanol–water partition coefficient (Wildman–Crippen LogP) is 4.15. The van der Waals surface area contributed by atoms with Crippen LogP contribution in [0.25, 0.3) is 0 Å². The molecule has 0 unspecified atom stereocenters. The van der Waals surface area contributed by atoms with Gasteiger partial charge in [-0.1, -0.05) is 36.4 Å². The quantitative estimate of drug-likeness (QED) is 0.400. The Morgan fingerprint density at radius 2 is 1.71 bits per heavy atom. The highest BCUT2D eigenvalue weighted by Gasteiger charge is 2.24. The number of carbonyl (C=O) groups is 1. The molecule has 8 nitrogen and oxygen atoms in total. The zero-order valence-electron chi connectivity index (χ0n) is 19.2. The molecule has 0 atom stereocenters. The lowest BCUT2D eigenvalue weighted by molar-refractivity contribution is -0.385. The van der Waals surface area contributed by atoms with E-state index in [-0.39, 0.29) is 22.7 Å². The molecular formula is C26H27N3O5. The van der Waals surface area contributed by atoms with Crippen molar-refractivity contribution < 1.29 is 19.2 Å². The number of methoxy groups -OCH3 is 2. The van der Waals surface area contributed by atoms with E-state index < -0.39 is 10.8 Å². The van der Waals surface area contributed by atoms with E-state index in [9.17, 15) is 14.9 Å². The molecule has 1 amide bonds. The van der Waals surface area contributed by atoms with Crippen molar-refractivity contribution in [2.45, 2.75) is 19.4 Å². The SMILES string of the molecule is COc1cc(C(=O)NCCc2ccc(N3CCc4ccccc4C3)cc2)c([N+](=O)[O-])cc1OC. The first kappa shape index (κ1) is 23.1. The number of ether oxygens (including phenoxy) is 2. The van der Waals surface area contributed by atoms with Gasteiger partial charge in [0.25, 0.3) is 11.6 Å². The van der Waals surface area contributed by atoms with Crippen LogP contribution in [0.1, 0.15) is 27.0 Å². The summed E-state index contributed by atoms with van der Waals surface area (Å²) in [6.45, 7) is 2.23. The molecule has 0 aliphatic carbocycles. The van der Waals surface area contributed by atoms with Crippen LogP contribution in [0.15, 0.2) is 60.7 Å². The lowest BCUT2D eigenvalue weighted by atomic mass is 9.99. The number of benzene rings is 3. The van der Waals surface area contributed by atoms with Crippen LogP contribution in [0.3, 0.4) is 0 Å². The molecule has 3 aromatic carbocycles. The summed E-state index contributed by atoms with van der Waals surface area (Å²) in [6.07, 6.45) is 1.64. The van der Waals surface area contributed by atoms with E-state index >= 15 is 0 Å². The van der Waals surface area contributed by atoms with Crippen LogP contribution in [0.4, 0.5) is 11.4 Å². The van der Waals surface area contributed by atoms with Gasteiger partial charge in [0.15, 0.2) is 11.5 Å². The van der Waals surface area contributed by atoms with Crippen LogP contribution >= 0.6 is 0 Å². The van der Waals surface area contributed by atoms with Crippen LogP contribution in [0, 0.1) is 10.1 Å². The van der Waals surface area contributed by atoms with Crippen LogP contribution < -0.4 is 19.7 Å². The summed E-state index contributed by atoms with van der Waals surface area (Å²) in [4.78, 5) is 25.9. The Balaban J connectivity index is 1.37. The van der Waals surface area contributed by atoms with Crippen LogP contribution in [0.5, 0.6) is 11.5 Å². The first-order chi connectivity index (χ1) is 16.5. The summed E-state index contributed by atoms with van der Waals surface area (Å²) in [7, 11) is 2.80. The first-order valence-corrected chi connectivity index (χ1v) is 11.1. The Hall–Kier alpha value is -4.07. The van der Waals surface area contributed by atoms with E-state index in [0.29, 0.717) is 13.0 Å².